The number of amides is 1. The Hall–Kier alpha value is -3.65. The van der Waals surface area contributed by atoms with Crippen LogP contribution in [0, 0.1) is 12.7 Å². The Balaban J connectivity index is 1.23. The number of morpholine rings is 1. The van der Waals surface area contributed by atoms with Gasteiger partial charge in [-0.1, -0.05) is 6.07 Å². The van der Waals surface area contributed by atoms with Crippen molar-refractivity contribution in [2.75, 3.05) is 37.7 Å². The van der Waals surface area contributed by atoms with Crippen LogP contribution < -0.4 is 4.90 Å². The van der Waals surface area contributed by atoms with Gasteiger partial charge in [0.05, 0.1) is 42.7 Å². The van der Waals surface area contributed by atoms with Gasteiger partial charge >= 0.3 is 0 Å². The van der Waals surface area contributed by atoms with Crippen LogP contribution >= 0.6 is 0 Å². The second kappa shape index (κ2) is 9.67. The minimum Gasteiger partial charge on any atom is -0.506 e. The summed E-state index contributed by atoms with van der Waals surface area (Å²) in [7, 11) is 0. The number of rotatable bonds is 4. The molecule has 2 aliphatic heterocycles. The average Bonchev–Trinajstić information content (AvgIpc) is 3.51. The first-order chi connectivity index (χ1) is 18.0. The van der Waals surface area contributed by atoms with E-state index < -0.39 is 0 Å². The van der Waals surface area contributed by atoms with E-state index in [9.17, 15) is 9.90 Å². The van der Waals surface area contributed by atoms with Crippen molar-refractivity contribution >= 4 is 17.7 Å². The van der Waals surface area contributed by atoms with E-state index in [0.717, 1.165) is 47.2 Å². The third-order valence-electron chi connectivity index (χ3n) is 7.69. The Morgan fingerprint density at radius 3 is 2.70 bits per heavy atom. The van der Waals surface area contributed by atoms with Gasteiger partial charge in [-0.2, -0.15) is 0 Å². The van der Waals surface area contributed by atoms with Crippen LogP contribution in [0.25, 0.3) is 11.8 Å². The fourth-order valence-corrected chi connectivity index (χ4v) is 5.83. The Labute approximate surface area is 215 Å². The fourth-order valence-electron chi connectivity index (χ4n) is 5.83. The summed E-state index contributed by atoms with van der Waals surface area (Å²) in [5, 5.41) is 10.6. The summed E-state index contributed by atoms with van der Waals surface area (Å²) in [6.07, 6.45) is 8.57. The number of phenols is 1. The smallest absolute Gasteiger partial charge is 0.250 e. The molecule has 2 fully saturated rings. The predicted molar refractivity (Wildman–Crippen MR) is 139 cm³/mol. The molecule has 6 rings (SSSR count). The normalized spacial score (nSPS) is 21.1. The molecule has 0 saturated carbocycles. The van der Waals surface area contributed by atoms with Crippen molar-refractivity contribution in [1.29, 1.82) is 0 Å². The molecule has 1 aromatic heterocycles. The number of carbonyl (C=O) groups is 1. The number of aryl methyl sites for hydroxylation is 2. The molecule has 3 aliphatic rings. The number of likely N-dealkylation sites (tertiary alicyclic amines) is 1. The minimum absolute atomic E-state index is 0.00411. The highest BCUT2D eigenvalue weighted by Crippen LogP contribution is 2.41. The SMILES string of the molecule is Cc1cn(-c2ccc(/C=C3\CCCN([C@H]4CCc5cc(N6CCOCC6)c(F)cc54)C3=O)cc2O)cn1. The van der Waals surface area contributed by atoms with E-state index in [2.05, 4.69) is 4.98 Å². The number of aromatic hydroxyl groups is 1. The zero-order chi connectivity index (χ0) is 25.5. The average molecular weight is 503 g/mol. The van der Waals surface area contributed by atoms with Crippen molar-refractivity contribution in [3.05, 3.63) is 76.6 Å². The van der Waals surface area contributed by atoms with Gasteiger partial charge in [-0.05, 0) is 79.6 Å². The maximum absolute atomic E-state index is 15.2. The molecule has 192 valence electrons. The van der Waals surface area contributed by atoms with Crippen molar-refractivity contribution in [3.8, 4) is 11.4 Å². The lowest BCUT2D eigenvalue weighted by atomic mass is 9.97. The van der Waals surface area contributed by atoms with Crippen molar-refractivity contribution in [2.45, 2.75) is 38.6 Å². The third kappa shape index (κ3) is 4.50. The van der Waals surface area contributed by atoms with Gasteiger partial charge in [0.2, 0.25) is 5.91 Å². The summed E-state index contributed by atoms with van der Waals surface area (Å²) in [6, 6.07) is 8.93. The lowest BCUT2D eigenvalue weighted by molar-refractivity contribution is -0.131. The van der Waals surface area contributed by atoms with E-state index in [-0.39, 0.29) is 23.5 Å². The molecular weight excluding hydrogens is 471 g/mol. The van der Waals surface area contributed by atoms with E-state index in [1.165, 1.54) is 0 Å². The van der Waals surface area contributed by atoms with Gasteiger partial charge in [0, 0.05) is 31.4 Å². The lowest BCUT2D eigenvalue weighted by Crippen LogP contribution is -2.39. The first-order valence-electron chi connectivity index (χ1n) is 13.0. The number of ether oxygens (including phenoxy) is 1. The number of hydrogen-bond donors (Lipinski definition) is 1. The molecule has 0 spiro atoms. The number of benzene rings is 2. The second-order valence-electron chi connectivity index (χ2n) is 10.1. The number of aromatic nitrogens is 2. The van der Waals surface area contributed by atoms with E-state index in [0.29, 0.717) is 50.6 Å². The summed E-state index contributed by atoms with van der Waals surface area (Å²) >= 11 is 0. The van der Waals surface area contributed by atoms with Crippen LogP contribution in [0.3, 0.4) is 0 Å². The summed E-state index contributed by atoms with van der Waals surface area (Å²) in [6.45, 7) is 5.16. The molecule has 8 heteroatoms. The molecule has 3 aromatic rings. The maximum Gasteiger partial charge on any atom is 0.250 e. The molecule has 2 saturated heterocycles. The van der Waals surface area contributed by atoms with Gasteiger partial charge in [-0.25, -0.2) is 9.37 Å². The number of anilines is 1. The third-order valence-corrected chi connectivity index (χ3v) is 7.69. The molecule has 0 bridgehead atoms. The standard InChI is InChI=1S/C29H31FN4O3/c1-19-17-33(18-31-19)26-6-4-20(14-28(26)35)13-22-3-2-8-34(29(22)36)25-7-5-21-15-27(24(30)16-23(21)25)32-9-11-37-12-10-32/h4,6,13-18,25,35H,2-3,5,7-12H2,1H3/b22-13+/t25-/m0/s1. The molecule has 7 nitrogen and oxygen atoms in total. The number of halogens is 1. The first-order valence-corrected chi connectivity index (χ1v) is 13.0. The summed E-state index contributed by atoms with van der Waals surface area (Å²) < 4.78 is 22.4. The summed E-state index contributed by atoms with van der Waals surface area (Å²) in [5.74, 6) is -0.102. The largest absolute Gasteiger partial charge is 0.506 e. The van der Waals surface area contributed by atoms with Crippen molar-refractivity contribution in [3.63, 3.8) is 0 Å². The predicted octanol–water partition coefficient (Wildman–Crippen LogP) is 4.56. The van der Waals surface area contributed by atoms with Crippen LogP contribution in [0.1, 0.15) is 47.7 Å². The molecular formula is C29H31FN4O3. The van der Waals surface area contributed by atoms with E-state index in [1.807, 2.05) is 47.2 Å². The van der Waals surface area contributed by atoms with E-state index in [4.69, 9.17) is 4.74 Å². The topological polar surface area (TPSA) is 70.8 Å². The number of phenolic OH excluding ortho intramolecular Hbond substituents is 1. The Morgan fingerprint density at radius 1 is 1.11 bits per heavy atom. The molecule has 1 amide bonds. The molecule has 3 heterocycles. The summed E-state index contributed by atoms with van der Waals surface area (Å²) in [5.41, 5.74) is 5.70. The number of imidazole rings is 1. The Kier molecular flexibility index (Phi) is 6.20. The van der Waals surface area contributed by atoms with Crippen molar-refractivity contribution in [2.24, 2.45) is 0 Å². The van der Waals surface area contributed by atoms with Gasteiger partial charge in [-0.3, -0.25) is 4.79 Å². The van der Waals surface area contributed by atoms with Crippen LogP contribution in [0.5, 0.6) is 5.75 Å². The zero-order valence-electron chi connectivity index (χ0n) is 21.0. The number of nitrogens with zero attached hydrogens (tertiary/aromatic N) is 4. The lowest BCUT2D eigenvalue weighted by Gasteiger charge is -2.34. The highest BCUT2D eigenvalue weighted by Gasteiger charge is 2.35. The maximum atomic E-state index is 15.2. The molecule has 0 radical (unpaired) electrons. The molecule has 37 heavy (non-hydrogen) atoms. The van der Waals surface area contributed by atoms with Gasteiger partial charge in [0.1, 0.15) is 11.6 Å². The molecule has 2 aromatic carbocycles. The molecule has 1 atom stereocenters. The van der Waals surface area contributed by atoms with Gasteiger partial charge in [0.15, 0.2) is 0 Å². The highest BCUT2D eigenvalue weighted by atomic mass is 19.1. The van der Waals surface area contributed by atoms with Gasteiger partial charge in [-0.15, -0.1) is 0 Å². The van der Waals surface area contributed by atoms with Crippen LogP contribution in [0.2, 0.25) is 0 Å². The second-order valence-corrected chi connectivity index (χ2v) is 10.1. The zero-order valence-corrected chi connectivity index (χ0v) is 21.0. The Bertz CT molecular complexity index is 1380. The molecule has 1 N–H and O–H groups in total. The highest BCUT2D eigenvalue weighted by molar-refractivity contribution is 5.99. The number of hydrogen-bond acceptors (Lipinski definition) is 5. The quantitative estimate of drug-likeness (QED) is 0.530. The molecule has 1 aliphatic carbocycles. The van der Waals surface area contributed by atoms with Crippen LogP contribution in [0.15, 0.2) is 48.4 Å². The fraction of sp³-hybridized carbons (Fsp3) is 0.379. The number of carbonyl (C=O) groups excluding carboxylic acids is 1. The Morgan fingerprint density at radius 2 is 1.95 bits per heavy atom. The van der Waals surface area contributed by atoms with Crippen LogP contribution in [-0.4, -0.2) is 58.3 Å². The summed E-state index contributed by atoms with van der Waals surface area (Å²) in [4.78, 5) is 21.7. The van der Waals surface area contributed by atoms with Crippen molar-refractivity contribution < 1.29 is 19.0 Å². The van der Waals surface area contributed by atoms with Crippen molar-refractivity contribution in [1.82, 2.24) is 14.5 Å². The monoisotopic (exact) mass is 502 g/mol. The van der Waals surface area contributed by atoms with Crippen LogP contribution in [0.4, 0.5) is 10.1 Å². The minimum atomic E-state index is -0.226. The molecule has 0 unspecified atom stereocenters. The van der Waals surface area contributed by atoms with E-state index in [1.54, 1.807) is 23.0 Å². The van der Waals surface area contributed by atoms with E-state index >= 15 is 4.39 Å². The van der Waals surface area contributed by atoms with Gasteiger partial charge < -0.3 is 24.2 Å². The van der Waals surface area contributed by atoms with Gasteiger partial charge in [0.25, 0.3) is 0 Å². The number of fused-ring (bicyclic) bond motifs is 1. The first kappa shape index (κ1) is 23.7. The number of piperidine rings is 1. The van der Waals surface area contributed by atoms with Crippen LogP contribution in [-0.2, 0) is 16.0 Å².